The molecule has 1 aliphatic rings. The Balaban J connectivity index is 1.54. The van der Waals surface area contributed by atoms with E-state index in [9.17, 15) is 4.79 Å². The smallest absolute Gasteiger partial charge is 0.254 e. The first kappa shape index (κ1) is 18.8. The molecule has 7 nitrogen and oxygen atoms in total. The Bertz CT molecular complexity index is 1280. The van der Waals surface area contributed by atoms with E-state index in [4.69, 9.17) is 9.97 Å². The van der Waals surface area contributed by atoms with Crippen LogP contribution < -0.4 is 0 Å². The van der Waals surface area contributed by atoms with Crippen LogP contribution in [0.15, 0.2) is 30.3 Å². The molecule has 0 saturated heterocycles. The number of carbonyl (C=O) groups excluding carboxylic acids is 1. The predicted molar refractivity (Wildman–Crippen MR) is 116 cm³/mol. The average Bonchev–Trinajstić information content (AvgIpc) is 3.47. The number of rotatable bonds is 5. The van der Waals surface area contributed by atoms with Crippen molar-refractivity contribution in [3.8, 4) is 0 Å². The minimum atomic E-state index is -0.0184. The minimum Gasteiger partial charge on any atom is -0.334 e. The molecule has 1 fully saturated rings. The molecule has 0 bridgehead atoms. The van der Waals surface area contributed by atoms with Gasteiger partial charge >= 0.3 is 0 Å². The van der Waals surface area contributed by atoms with Crippen molar-refractivity contribution >= 4 is 28.0 Å². The first-order valence-electron chi connectivity index (χ1n) is 10.5. The minimum absolute atomic E-state index is 0.0184. The van der Waals surface area contributed by atoms with E-state index in [-0.39, 0.29) is 5.91 Å². The van der Waals surface area contributed by atoms with Gasteiger partial charge in [-0.2, -0.15) is 5.10 Å². The molecule has 30 heavy (non-hydrogen) atoms. The SMILES string of the molecule is CCn1c(CN(C)C(=O)c2cc(C3CC3)nc3c2c(C)nn3C)nc2ccccc21. The number of benzene rings is 1. The van der Waals surface area contributed by atoms with Crippen molar-refractivity contribution < 1.29 is 4.79 Å². The van der Waals surface area contributed by atoms with E-state index in [1.54, 1.807) is 9.58 Å². The summed E-state index contributed by atoms with van der Waals surface area (Å²) in [5.74, 6) is 1.34. The number of pyridine rings is 1. The van der Waals surface area contributed by atoms with Gasteiger partial charge in [-0.25, -0.2) is 9.97 Å². The largest absolute Gasteiger partial charge is 0.334 e. The molecule has 154 valence electrons. The van der Waals surface area contributed by atoms with E-state index in [1.165, 1.54) is 0 Å². The van der Waals surface area contributed by atoms with Gasteiger partial charge in [-0.1, -0.05) is 12.1 Å². The summed E-state index contributed by atoms with van der Waals surface area (Å²) < 4.78 is 3.95. The fraction of sp³-hybridized carbons (Fsp3) is 0.391. The molecule has 5 rings (SSSR count). The zero-order chi connectivity index (χ0) is 21.0. The Hall–Kier alpha value is -3.22. The van der Waals surface area contributed by atoms with Crippen molar-refractivity contribution in [2.45, 2.75) is 45.7 Å². The fourth-order valence-electron chi connectivity index (χ4n) is 4.31. The van der Waals surface area contributed by atoms with Crippen LogP contribution in [0.3, 0.4) is 0 Å². The average molecular weight is 403 g/mol. The van der Waals surface area contributed by atoms with Crippen LogP contribution in [0.1, 0.15) is 53.3 Å². The highest BCUT2D eigenvalue weighted by atomic mass is 16.2. The lowest BCUT2D eigenvalue weighted by atomic mass is 10.1. The molecular weight excluding hydrogens is 376 g/mol. The molecule has 3 heterocycles. The second-order valence-corrected chi connectivity index (χ2v) is 8.20. The summed E-state index contributed by atoms with van der Waals surface area (Å²) in [7, 11) is 3.73. The van der Waals surface area contributed by atoms with Crippen LogP contribution in [-0.2, 0) is 20.1 Å². The third kappa shape index (κ3) is 2.96. The number of hydrogen-bond donors (Lipinski definition) is 0. The van der Waals surface area contributed by atoms with Crippen LogP contribution in [0.4, 0.5) is 0 Å². The number of nitrogens with zero attached hydrogens (tertiary/aromatic N) is 6. The van der Waals surface area contributed by atoms with Gasteiger partial charge in [0.2, 0.25) is 0 Å². The van der Waals surface area contributed by atoms with Gasteiger partial charge < -0.3 is 9.47 Å². The molecule has 1 aliphatic carbocycles. The third-order valence-electron chi connectivity index (χ3n) is 5.99. The molecule has 0 spiro atoms. The van der Waals surface area contributed by atoms with E-state index in [0.29, 0.717) is 18.0 Å². The molecule has 0 radical (unpaired) electrons. The summed E-state index contributed by atoms with van der Waals surface area (Å²) in [5, 5.41) is 5.37. The maximum Gasteiger partial charge on any atom is 0.254 e. The highest BCUT2D eigenvalue weighted by Gasteiger charge is 2.29. The van der Waals surface area contributed by atoms with Crippen LogP contribution in [-0.4, -0.2) is 42.2 Å². The summed E-state index contributed by atoms with van der Waals surface area (Å²) >= 11 is 0. The number of aryl methyl sites for hydroxylation is 3. The summed E-state index contributed by atoms with van der Waals surface area (Å²) in [6.45, 7) is 5.30. The zero-order valence-electron chi connectivity index (χ0n) is 17.9. The fourth-order valence-corrected chi connectivity index (χ4v) is 4.31. The second kappa shape index (κ2) is 6.93. The van der Waals surface area contributed by atoms with Gasteiger partial charge in [0, 0.05) is 32.3 Å². The van der Waals surface area contributed by atoms with Gasteiger partial charge in [0.1, 0.15) is 5.82 Å². The van der Waals surface area contributed by atoms with Crippen molar-refractivity contribution in [3.05, 3.63) is 53.1 Å². The van der Waals surface area contributed by atoms with E-state index >= 15 is 0 Å². The van der Waals surface area contributed by atoms with Crippen molar-refractivity contribution in [3.63, 3.8) is 0 Å². The van der Waals surface area contributed by atoms with Crippen molar-refractivity contribution in [1.82, 2.24) is 29.2 Å². The molecule has 1 aromatic carbocycles. The maximum atomic E-state index is 13.6. The monoisotopic (exact) mass is 402 g/mol. The zero-order valence-corrected chi connectivity index (χ0v) is 17.9. The van der Waals surface area contributed by atoms with Gasteiger partial charge in [-0.05, 0) is 44.9 Å². The lowest BCUT2D eigenvalue weighted by Crippen LogP contribution is -2.28. The van der Waals surface area contributed by atoms with Crippen molar-refractivity contribution in [1.29, 1.82) is 0 Å². The highest BCUT2D eigenvalue weighted by Crippen LogP contribution is 2.40. The maximum absolute atomic E-state index is 13.6. The molecular formula is C23H26N6O. The summed E-state index contributed by atoms with van der Waals surface area (Å²) in [6.07, 6.45) is 2.28. The molecule has 0 atom stereocenters. The molecule has 1 amide bonds. The van der Waals surface area contributed by atoms with Crippen LogP contribution in [0.5, 0.6) is 0 Å². The summed E-state index contributed by atoms with van der Waals surface area (Å²) in [6, 6.07) is 10.1. The Morgan fingerprint density at radius 2 is 2.00 bits per heavy atom. The Labute approximate surface area is 175 Å². The normalized spacial score (nSPS) is 14.0. The topological polar surface area (TPSA) is 68.8 Å². The summed E-state index contributed by atoms with van der Waals surface area (Å²) in [5.41, 5.74) is 5.37. The number of carbonyl (C=O) groups is 1. The number of aromatic nitrogens is 5. The van der Waals surface area contributed by atoms with Crippen molar-refractivity contribution in [2.75, 3.05) is 7.05 Å². The highest BCUT2D eigenvalue weighted by molar-refractivity contribution is 6.06. The number of amides is 1. The van der Waals surface area contributed by atoms with Crippen LogP contribution in [0.25, 0.3) is 22.1 Å². The number of imidazole rings is 1. The Kier molecular flexibility index (Phi) is 4.34. The standard InChI is InChI=1S/C23H26N6O/c1-5-29-19-9-7-6-8-17(19)24-20(29)13-27(3)23(30)16-12-18(15-10-11-15)25-22-21(16)14(2)26-28(22)4/h6-9,12,15H,5,10-11,13H2,1-4H3. The number of hydrogen-bond acceptors (Lipinski definition) is 4. The van der Waals surface area contributed by atoms with Gasteiger partial charge in [0.25, 0.3) is 5.91 Å². The molecule has 4 aromatic rings. The number of para-hydroxylation sites is 2. The van der Waals surface area contributed by atoms with Crippen LogP contribution in [0, 0.1) is 6.92 Å². The first-order chi connectivity index (χ1) is 14.5. The quantitative estimate of drug-likeness (QED) is 0.509. The summed E-state index contributed by atoms with van der Waals surface area (Å²) in [4.78, 5) is 24.9. The Morgan fingerprint density at radius 3 is 2.73 bits per heavy atom. The first-order valence-corrected chi connectivity index (χ1v) is 10.5. The second-order valence-electron chi connectivity index (χ2n) is 8.20. The van der Waals surface area contributed by atoms with E-state index in [2.05, 4.69) is 22.7 Å². The molecule has 0 N–H and O–H groups in total. The van der Waals surface area contributed by atoms with Gasteiger partial charge in [0.15, 0.2) is 5.65 Å². The molecule has 7 heteroatoms. The van der Waals surface area contributed by atoms with E-state index in [1.807, 2.05) is 45.3 Å². The van der Waals surface area contributed by atoms with E-state index < -0.39 is 0 Å². The molecule has 3 aromatic heterocycles. The van der Waals surface area contributed by atoms with Gasteiger partial charge in [-0.15, -0.1) is 0 Å². The van der Waals surface area contributed by atoms with E-state index in [0.717, 1.165) is 58.7 Å². The van der Waals surface area contributed by atoms with Crippen molar-refractivity contribution in [2.24, 2.45) is 7.05 Å². The molecule has 1 saturated carbocycles. The van der Waals surface area contributed by atoms with Crippen LogP contribution in [0.2, 0.25) is 0 Å². The third-order valence-corrected chi connectivity index (χ3v) is 5.99. The van der Waals surface area contributed by atoms with Gasteiger partial charge in [-0.3, -0.25) is 9.48 Å². The Morgan fingerprint density at radius 1 is 1.23 bits per heavy atom. The molecule has 0 unspecified atom stereocenters. The lowest BCUT2D eigenvalue weighted by molar-refractivity contribution is 0.0782. The number of fused-ring (bicyclic) bond motifs is 2. The van der Waals surface area contributed by atoms with Gasteiger partial charge in [0.05, 0.1) is 34.2 Å². The van der Waals surface area contributed by atoms with Crippen LogP contribution >= 0.6 is 0 Å². The predicted octanol–water partition coefficient (Wildman–Crippen LogP) is 3.80. The lowest BCUT2D eigenvalue weighted by Gasteiger charge is -2.19. The molecule has 0 aliphatic heterocycles.